The summed E-state index contributed by atoms with van der Waals surface area (Å²) in [6, 6.07) is 20.1. The summed E-state index contributed by atoms with van der Waals surface area (Å²) in [5, 5.41) is 3.11. The van der Waals surface area contributed by atoms with E-state index in [1.165, 1.54) is 19.2 Å². The van der Waals surface area contributed by atoms with Gasteiger partial charge in [-0.05, 0) is 48.0 Å². The van der Waals surface area contributed by atoms with Gasteiger partial charge in [0.05, 0.1) is 24.2 Å². The van der Waals surface area contributed by atoms with Crippen molar-refractivity contribution < 1.29 is 17.9 Å². The molecule has 0 heterocycles. The molecule has 0 radical (unpaired) electrons. The van der Waals surface area contributed by atoms with Crippen molar-refractivity contribution in [3.8, 4) is 5.75 Å². The molecule has 6 nitrogen and oxygen atoms in total. The second-order valence-corrected chi connectivity index (χ2v) is 9.90. The van der Waals surface area contributed by atoms with Crippen LogP contribution in [0.25, 0.3) is 0 Å². The fraction of sp³-hybridized carbons (Fsp3) is 0.136. The zero-order valence-electron chi connectivity index (χ0n) is 16.6. The van der Waals surface area contributed by atoms with Gasteiger partial charge in [0.25, 0.3) is 0 Å². The maximum absolute atomic E-state index is 13.3. The Morgan fingerprint density at radius 1 is 1.06 bits per heavy atom. The standard InChI is InChI=1S/C22H20BrClN2O4S/c1-30-21-12-11-18(24)13-20(21)25-22(27)15-26(14-16-7-9-17(23)10-8-16)31(28,29)19-5-3-2-4-6-19/h2-13H,14-15H2,1H3,(H,25,27). The van der Waals surface area contributed by atoms with E-state index in [9.17, 15) is 13.2 Å². The monoisotopic (exact) mass is 522 g/mol. The predicted octanol–water partition coefficient (Wildman–Crippen LogP) is 4.94. The Labute approximate surface area is 195 Å². The van der Waals surface area contributed by atoms with Crippen LogP contribution in [-0.4, -0.2) is 32.3 Å². The van der Waals surface area contributed by atoms with Gasteiger partial charge in [0.1, 0.15) is 5.75 Å². The summed E-state index contributed by atoms with van der Waals surface area (Å²) in [7, 11) is -2.45. The first kappa shape index (κ1) is 23.3. The summed E-state index contributed by atoms with van der Waals surface area (Å²) in [5.41, 5.74) is 1.11. The number of hydrogen-bond donors (Lipinski definition) is 1. The van der Waals surface area contributed by atoms with Gasteiger partial charge < -0.3 is 10.1 Å². The van der Waals surface area contributed by atoms with E-state index < -0.39 is 15.9 Å². The lowest BCUT2D eigenvalue weighted by atomic mass is 10.2. The van der Waals surface area contributed by atoms with Gasteiger partial charge in [0.2, 0.25) is 15.9 Å². The molecule has 0 aromatic heterocycles. The van der Waals surface area contributed by atoms with E-state index in [2.05, 4.69) is 21.2 Å². The van der Waals surface area contributed by atoms with Gasteiger partial charge >= 0.3 is 0 Å². The quantitative estimate of drug-likeness (QED) is 0.454. The van der Waals surface area contributed by atoms with Crippen LogP contribution < -0.4 is 10.1 Å². The topological polar surface area (TPSA) is 75.7 Å². The summed E-state index contributed by atoms with van der Waals surface area (Å²) in [4.78, 5) is 12.9. The number of carbonyl (C=O) groups excluding carboxylic acids is 1. The molecule has 1 N–H and O–H groups in total. The number of carbonyl (C=O) groups is 1. The van der Waals surface area contributed by atoms with Crippen LogP contribution in [-0.2, 0) is 21.4 Å². The highest BCUT2D eigenvalue weighted by atomic mass is 79.9. The number of nitrogens with one attached hydrogen (secondary N) is 1. The number of halogens is 2. The maximum Gasteiger partial charge on any atom is 0.243 e. The highest BCUT2D eigenvalue weighted by Crippen LogP contribution is 2.28. The van der Waals surface area contributed by atoms with E-state index in [-0.39, 0.29) is 18.0 Å². The van der Waals surface area contributed by atoms with Gasteiger partial charge in [-0.3, -0.25) is 4.79 Å². The third-order valence-electron chi connectivity index (χ3n) is 4.41. The van der Waals surface area contributed by atoms with Gasteiger partial charge in [-0.25, -0.2) is 8.42 Å². The van der Waals surface area contributed by atoms with E-state index in [1.807, 2.05) is 12.1 Å². The maximum atomic E-state index is 13.3. The molecule has 3 aromatic rings. The van der Waals surface area contributed by atoms with Crippen LogP contribution in [0.5, 0.6) is 5.75 Å². The Hall–Kier alpha value is -2.39. The van der Waals surface area contributed by atoms with Crippen LogP contribution in [0.2, 0.25) is 5.02 Å². The molecule has 0 saturated carbocycles. The van der Waals surface area contributed by atoms with Crippen molar-refractivity contribution in [2.24, 2.45) is 0 Å². The SMILES string of the molecule is COc1ccc(Cl)cc1NC(=O)CN(Cc1ccc(Br)cc1)S(=O)(=O)c1ccccc1. The summed E-state index contributed by atoms with van der Waals surface area (Å²) in [6.45, 7) is -0.354. The number of nitrogens with zero attached hydrogens (tertiary/aromatic N) is 1. The lowest BCUT2D eigenvalue weighted by Crippen LogP contribution is -2.37. The van der Waals surface area contributed by atoms with E-state index >= 15 is 0 Å². The molecule has 0 atom stereocenters. The highest BCUT2D eigenvalue weighted by Gasteiger charge is 2.27. The molecule has 0 aliphatic carbocycles. The Bertz CT molecular complexity index is 1160. The molecule has 3 aromatic carbocycles. The number of amides is 1. The van der Waals surface area contributed by atoms with Crippen LogP contribution in [0, 0.1) is 0 Å². The molecule has 1 amide bonds. The number of anilines is 1. The van der Waals surface area contributed by atoms with Crippen LogP contribution in [0.4, 0.5) is 5.69 Å². The normalized spacial score (nSPS) is 11.4. The molecule has 0 fully saturated rings. The molecule has 0 saturated heterocycles. The molecule has 9 heteroatoms. The molecule has 0 aliphatic rings. The predicted molar refractivity (Wildman–Crippen MR) is 125 cm³/mol. The zero-order chi connectivity index (χ0) is 22.4. The number of sulfonamides is 1. The van der Waals surface area contributed by atoms with Crippen molar-refractivity contribution in [3.63, 3.8) is 0 Å². The van der Waals surface area contributed by atoms with Crippen LogP contribution in [0.15, 0.2) is 82.2 Å². The fourth-order valence-corrected chi connectivity index (χ4v) is 4.73. The molecular formula is C22H20BrClN2O4S. The average Bonchev–Trinajstić information content (AvgIpc) is 2.75. The van der Waals surface area contributed by atoms with Crippen LogP contribution >= 0.6 is 27.5 Å². The number of methoxy groups -OCH3 is 1. The van der Waals surface area contributed by atoms with Crippen molar-refractivity contribution >= 4 is 49.1 Å². The van der Waals surface area contributed by atoms with Gasteiger partial charge in [-0.2, -0.15) is 4.31 Å². The van der Waals surface area contributed by atoms with E-state index in [0.29, 0.717) is 16.5 Å². The number of ether oxygens (including phenoxy) is 1. The number of rotatable bonds is 8. The molecular weight excluding hydrogens is 504 g/mol. The minimum Gasteiger partial charge on any atom is -0.495 e. The van der Waals surface area contributed by atoms with Gasteiger partial charge in [-0.1, -0.05) is 57.9 Å². The van der Waals surface area contributed by atoms with Crippen molar-refractivity contribution in [1.82, 2.24) is 4.31 Å². The lowest BCUT2D eigenvalue weighted by molar-refractivity contribution is -0.116. The summed E-state index contributed by atoms with van der Waals surface area (Å²) >= 11 is 9.38. The Morgan fingerprint density at radius 2 is 1.74 bits per heavy atom. The van der Waals surface area contributed by atoms with Crippen molar-refractivity contribution in [2.45, 2.75) is 11.4 Å². The molecule has 3 rings (SSSR count). The first-order chi connectivity index (χ1) is 14.8. The minimum atomic E-state index is -3.92. The van der Waals surface area contributed by atoms with Gasteiger partial charge in [-0.15, -0.1) is 0 Å². The Balaban J connectivity index is 1.88. The lowest BCUT2D eigenvalue weighted by Gasteiger charge is -2.22. The largest absolute Gasteiger partial charge is 0.495 e. The van der Waals surface area contributed by atoms with E-state index in [4.69, 9.17) is 16.3 Å². The van der Waals surface area contributed by atoms with Crippen LogP contribution in [0.3, 0.4) is 0 Å². The molecule has 0 spiro atoms. The van der Waals surface area contributed by atoms with E-state index in [0.717, 1.165) is 14.3 Å². The summed E-state index contributed by atoms with van der Waals surface area (Å²) in [5.74, 6) is -0.0969. The molecule has 31 heavy (non-hydrogen) atoms. The van der Waals surface area contributed by atoms with Crippen molar-refractivity contribution in [3.05, 3.63) is 87.9 Å². The zero-order valence-corrected chi connectivity index (χ0v) is 19.7. The molecule has 0 unspecified atom stereocenters. The number of hydrogen-bond acceptors (Lipinski definition) is 4. The third-order valence-corrected chi connectivity index (χ3v) is 6.98. The summed E-state index contributed by atoms with van der Waals surface area (Å²) in [6.07, 6.45) is 0. The first-order valence-corrected chi connectivity index (χ1v) is 11.8. The van der Waals surface area contributed by atoms with E-state index in [1.54, 1.807) is 48.5 Å². The van der Waals surface area contributed by atoms with Crippen molar-refractivity contribution in [2.75, 3.05) is 19.0 Å². The van der Waals surface area contributed by atoms with Gasteiger partial charge in [0, 0.05) is 16.0 Å². The fourth-order valence-electron chi connectivity index (χ4n) is 2.89. The molecule has 0 bridgehead atoms. The van der Waals surface area contributed by atoms with Crippen LogP contribution in [0.1, 0.15) is 5.56 Å². The smallest absolute Gasteiger partial charge is 0.243 e. The molecule has 0 aliphatic heterocycles. The second kappa shape index (κ2) is 10.3. The highest BCUT2D eigenvalue weighted by molar-refractivity contribution is 9.10. The molecule has 162 valence electrons. The average molecular weight is 524 g/mol. The minimum absolute atomic E-state index is 0.0323. The second-order valence-electron chi connectivity index (χ2n) is 6.61. The van der Waals surface area contributed by atoms with Crippen molar-refractivity contribution in [1.29, 1.82) is 0 Å². The van der Waals surface area contributed by atoms with Gasteiger partial charge in [0.15, 0.2) is 0 Å². The number of benzene rings is 3. The first-order valence-electron chi connectivity index (χ1n) is 9.22. The third kappa shape index (κ3) is 6.07. The summed E-state index contributed by atoms with van der Waals surface area (Å²) < 4.78 is 33.8. The Kier molecular flexibility index (Phi) is 7.72. The Morgan fingerprint density at radius 3 is 2.39 bits per heavy atom.